The summed E-state index contributed by atoms with van der Waals surface area (Å²) < 4.78 is 15.1. The molecule has 0 unspecified atom stereocenters. The first-order valence-electron chi connectivity index (χ1n) is 8.26. The Labute approximate surface area is 117 Å². The molecule has 0 amide bonds. The number of alkyl halides is 1. The predicted octanol–water partition coefficient (Wildman–Crippen LogP) is 5.41. The molecule has 0 aromatic heterocycles. The summed E-state index contributed by atoms with van der Waals surface area (Å²) in [6.07, 6.45) is 11.3. The van der Waals surface area contributed by atoms with E-state index in [4.69, 9.17) is 5.26 Å². The molecule has 19 heavy (non-hydrogen) atoms. The van der Waals surface area contributed by atoms with E-state index in [9.17, 15) is 0 Å². The van der Waals surface area contributed by atoms with E-state index in [1.165, 1.54) is 19.3 Å². The highest BCUT2D eigenvalue weighted by molar-refractivity contribution is 4.96. The number of hydrogen-bond donors (Lipinski definition) is 0. The molecule has 0 atom stereocenters. The van der Waals surface area contributed by atoms with Crippen molar-refractivity contribution < 1.29 is 4.39 Å². The summed E-state index contributed by atoms with van der Waals surface area (Å²) in [5, 5.41) is 8.93. The largest absolute Gasteiger partial charge is 0.244 e. The molecule has 2 rings (SSSR count). The van der Waals surface area contributed by atoms with E-state index in [1.807, 2.05) is 0 Å². The monoisotopic (exact) mass is 265 g/mol. The van der Waals surface area contributed by atoms with Gasteiger partial charge in [-0.15, -0.1) is 0 Å². The predicted molar refractivity (Wildman–Crippen MR) is 76.4 cm³/mol. The molecule has 0 saturated heterocycles. The van der Waals surface area contributed by atoms with Gasteiger partial charge in [0.05, 0.1) is 6.07 Å². The SMILES string of the molecule is CCCC[C@H]1CC[C@](F)(C2CCC(C#N)CC2)CC1. The fourth-order valence-electron chi connectivity index (χ4n) is 4.09. The molecule has 0 radical (unpaired) electrons. The molecule has 2 aliphatic carbocycles. The van der Waals surface area contributed by atoms with Gasteiger partial charge in [-0.2, -0.15) is 5.26 Å². The summed E-state index contributed by atoms with van der Waals surface area (Å²) >= 11 is 0. The number of halogens is 1. The van der Waals surface area contributed by atoms with Crippen LogP contribution in [0.15, 0.2) is 0 Å². The Balaban J connectivity index is 1.80. The highest BCUT2D eigenvalue weighted by Crippen LogP contribution is 2.47. The van der Waals surface area contributed by atoms with Gasteiger partial charge < -0.3 is 0 Å². The maximum absolute atomic E-state index is 15.1. The lowest BCUT2D eigenvalue weighted by Crippen LogP contribution is -2.39. The lowest BCUT2D eigenvalue weighted by Gasteiger charge is -2.42. The van der Waals surface area contributed by atoms with E-state index >= 15 is 4.39 Å². The van der Waals surface area contributed by atoms with Gasteiger partial charge in [-0.1, -0.05) is 26.2 Å². The van der Waals surface area contributed by atoms with E-state index < -0.39 is 5.67 Å². The van der Waals surface area contributed by atoms with Gasteiger partial charge >= 0.3 is 0 Å². The van der Waals surface area contributed by atoms with Gasteiger partial charge in [-0.25, -0.2) is 4.39 Å². The van der Waals surface area contributed by atoms with Crippen molar-refractivity contribution in [3.8, 4) is 6.07 Å². The minimum absolute atomic E-state index is 0.195. The van der Waals surface area contributed by atoms with Crippen molar-refractivity contribution in [2.24, 2.45) is 17.8 Å². The third-order valence-electron chi connectivity index (χ3n) is 5.54. The summed E-state index contributed by atoms with van der Waals surface area (Å²) in [5.74, 6) is 1.21. The summed E-state index contributed by atoms with van der Waals surface area (Å²) in [7, 11) is 0. The van der Waals surface area contributed by atoms with E-state index in [-0.39, 0.29) is 11.8 Å². The minimum Gasteiger partial charge on any atom is -0.244 e. The maximum atomic E-state index is 15.1. The second-order valence-corrected chi connectivity index (χ2v) is 6.80. The van der Waals surface area contributed by atoms with Crippen molar-refractivity contribution in [3.63, 3.8) is 0 Å². The van der Waals surface area contributed by atoms with E-state index in [1.54, 1.807) is 0 Å². The summed E-state index contributed by atoms with van der Waals surface area (Å²) in [6.45, 7) is 2.23. The Kier molecular flexibility index (Phi) is 5.25. The molecule has 1 nitrogen and oxygen atoms in total. The average Bonchev–Trinajstić information content (AvgIpc) is 2.47. The number of rotatable bonds is 4. The molecular formula is C17H28FN. The van der Waals surface area contributed by atoms with Crippen molar-refractivity contribution in [3.05, 3.63) is 0 Å². The van der Waals surface area contributed by atoms with Crippen LogP contribution in [0.1, 0.15) is 77.6 Å². The van der Waals surface area contributed by atoms with Crippen LogP contribution in [0.25, 0.3) is 0 Å². The van der Waals surface area contributed by atoms with Crippen LogP contribution in [0.4, 0.5) is 4.39 Å². The van der Waals surface area contributed by atoms with Crippen LogP contribution in [-0.4, -0.2) is 5.67 Å². The summed E-state index contributed by atoms with van der Waals surface area (Å²) in [5.41, 5.74) is -0.900. The molecular weight excluding hydrogens is 237 g/mol. The van der Waals surface area contributed by atoms with Gasteiger partial charge in [-0.3, -0.25) is 0 Å². The van der Waals surface area contributed by atoms with Crippen LogP contribution in [0.2, 0.25) is 0 Å². The van der Waals surface area contributed by atoms with Gasteiger partial charge in [-0.05, 0) is 63.2 Å². The fourth-order valence-corrected chi connectivity index (χ4v) is 4.09. The second kappa shape index (κ2) is 6.73. The van der Waals surface area contributed by atoms with Crippen molar-refractivity contribution >= 4 is 0 Å². The van der Waals surface area contributed by atoms with Crippen LogP contribution >= 0.6 is 0 Å². The molecule has 108 valence electrons. The van der Waals surface area contributed by atoms with Crippen molar-refractivity contribution in [2.45, 2.75) is 83.2 Å². The molecule has 2 aliphatic rings. The van der Waals surface area contributed by atoms with Crippen molar-refractivity contribution in [1.82, 2.24) is 0 Å². The number of unbranched alkanes of at least 4 members (excludes halogenated alkanes) is 1. The van der Waals surface area contributed by atoms with Crippen molar-refractivity contribution in [1.29, 1.82) is 5.26 Å². The van der Waals surface area contributed by atoms with E-state index in [0.717, 1.165) is 57.3 Å². The molecule has 0 spiro atoms. The molecule has 0 aromatic rings. The van der Waals surface area contributed by atoms with Gasteiger partial charge in [0.2, 0.25) is 0 Å². The zero-order chi connectivity index (χ0) is 13.7. The molecule has 0 aromatic carbocycles. The van der Waals surface area contributed by atoms with Gasteiger partial charge in [0.15, 0.2) is 0 Å². The zero-order valence-corrected chi connectivity index (χ0v) is 12.3. The van der Waals surface area contributed by atoms with Crippen LogP contribution in [0, 0.1) is 29.1 Å². The molecule has 0 heterocycles. The van der Waals surface area contributed by atoms with Crippen LogP contribution in [0.3, 0.4) is 0 Å². The van der Waals surface area contributed by atoms with Crippen LogP contribution in [-0.2, 0) is 0 Å². The minimum atomic E-state index is -0.900. The second-order valence-electron chi connectivity index (χ2n) is 6.80. The first-order chi connectivity index (χ1) is 9.18. The molecule has 0 bridgehead atoms. The Hall–Kier alpha value is -0.580. The highest BCUT2D eigenvalue weighted by Gasteiger charge is 2.43. The quantitative estimate of drug-likeness (QED) is 0.667. The van der Waals surface area contributed by atoms with Gasteiger partial charge in [0.1, 0.15) is 5.67 Å². The molecule has 2 saturated carbocycles. The highest BCUT2D eigenvalue weighted by atomic mass is 19.1. The van der Waals surface area contributed by atoms with Gasteiger partial charge in [0.25, 0.3) is 0 Å². The summed E-state index contributed by atoms with van der Waals surface area (Å²) in [4.78, 5) is 0. The van der Waals surface area contributed by atoms with Gasteiger partial charge in [0, 0.05) is 5.92 Å². The molecule has 2 fully saturated rings. The Bertz CT molecular complexity index is 304. The van der Waals surface area contributed by atoms with Crippen LogP contribution in [0.5, 0.6) is 0 Å². The number of nitriles is 1. The average molecular weight is 265 g/mol. The standard InChI is InChI=1S/C17H28FN/c1-2-3-4-14-9-11-17(18,12-10-14)16-7-5-15(13-19)6-8-16/h14-16H,2-12H2,1H3/t14-,15?,16?,17+. The Morgan fingerprint density at radius 3 is 2.26 bits per heavy atom. The number of nitrogens with zero attached hydrogens (tertiary/aromatic N) is 1. The summed E-state index contributed by atoms with van der Waals surface area (Å²) in [6, 6.07) is 2.35. The lowest BCUT2D eigenvalue weighted by molar-refractivity contribution is 0.000771. The lowest BCUT2D eigenvalue weighted by atomic mass is 9.67. The smallest absolute Gasteiger partial charge is 0.113 e. The van der Waals surface area contributed by atoms with E-state index in [2.05, 4.69) is 13.0 Å². The maximum Gasteiger partial charge on any atom is 0.113 e. The Morgan fingerprint density at radius 1 is 1.11 bits per heavy atom. The third kappa shape index (κ3) is 3.71. The molecule has 2 heteroatoms. The first kappa shape index (κ1) is 14.8. The third-order valence-corrected chi connectivity index (χ3v) is 5.54. The Morgan fingerprint density at radius 2 is 1.74 bits per heavy atom. The zero-order valence-electron chi connectivity index (χ0n) is 12.3. The van der Waals surface area contributed by atoms with Crippen LogP contribution < -0.4 is 0 Å². The molecule has 0 aliphatic heterocycles. The van der Waals surface area contributed by atoms with Crippen molar-refractivity contribution in [2.75, 3.05) is 0 Å². The fraction of sp³-hybridized carbons (Fsp3) is 0.941. The van der Waals surface area contributed by atoms with E-state index in [0.29, 0.717) is 0 Å². The number of hydrogen-bond acceptors (Lipinski definition) is 1. The normalized spacial score (nSPS) is 39.7. The topological polar surface area (TPSA) is 23.8 Å². The molecule has 0 N–H and O–H groups in total. The first-order valence-corrected chi connectivity index (χ1v) is 8.26.